The lowest BCUT2D eigenvalue weighted by molar-refractivity contribution is -0.181. The molecule has 134 valence electrons. The highest BCUT2D eigenvalue weighted by atomic mass is 16.7. The first-order chi connectivity index (χ1) is 12.2. The molecule has 1 aromatic rings. The molecule has 1 N–H and O–H groups in total. The van der Waals surface area contributed by atoms with Gasteiger partial charge in [-0.15, -0.1) is 0 Å². The van der Waals surface area contributed by atoms with Gasteiger partial charge in [0, 0.05) is 44.6 Å². The molecule has 1 spiro atoms. The van der Waals surface area contributed by atoms with Crippen LogP contribution < -0.4 is 10.2 Å². The number of likely N-dealkylation sites (tertiary alicyclic amines) is 1. The fourth-order valence-corrected chi connectivity index (χ4v) is 3.76. The summed E-state index contributed by atoms with van der Waals surface area (Å²) in [5.41, 5.74) is 0.875. The molecule has 3 aliphatic rings. The van der Waals surface area contributed by atoms with Crippen molar-refractivity contribution in [3.63, 3.8) is 0 Å². The van der Waals surface area contributed by atoms with Crippen molar-refractivity contribution in [1.29, 1.82) is 0 Å². The third-order valence-corrected chi connectivity index (χ3v) is 5.15. The Hall–Kier alpha value is -2.12. The van der Waals surface area contributed by atoms with E-state index in [1.54, 1.807) is 9.80 Å². The molecule has 1 atom stereocenters. The number of nitrogens with one attached hydrogen (secondary N) is 1. The monoisotopic (exact) mass is 345 g/mol. The summed E-state index contributed by atoms with van der Waals surface area (Å²) in [7, 11) is 0. The van der Waals surface area contributed by atoms with Crippen LogP contribution in [0.5, 0.6) is 0 Å². The number of para-hydroxylation sites is 1. The number of anilines is 1. The van der Waals surface area contributed by atoms with E-state index in [0.717, 1.165) is 5.69 Å². The summed E-state index contributed by atoms with van der Waals surface area (Å²) in [6.45, 7) is 2.99. The van der Waals surface area contributed by atoms with E-state index in [1.165, 1.54) is 0 Å². The van der Waals surface area contributed by atoms with E-state index >= 15 is 0 Å². The Morgan fingerprint density at radius 3 is 2.48 bits per heavy atom. The summed E-state index contributed by atoms with van der Waals surface area (Å²) in [6.07, 6.45) is 1.73. The third-order valence-electron chi connectivity index (χ3n) is 5.15. The van der Waals surface area contributed by atoms with Gasteiger partial charge in [-0.3, -0.25) is 4.79 Å². The topological polar surface area (TPSA) is 71.1 Å². The number of hydrogen-bond donors (Lipinski definition) is 1. The molecule has 25 heavy (non-hydrogen) atoms. The molecule has 3 amide bonds. The van der Waals surface area contributed by atoms with Crippen LogP contribution >= 0.6 is 0 Å². The lowest BCUT2D eigenvalue weighted by Gasteiger charge is -2.37. The van der Waals surface area contributed by atoms with Crippen LogP contribution in [0.2, 0.25) is 0 Å². The Bertz CT molecular complexity index is 635. The van der Waals surface area contributed by atoms with E-state index in [9.17, 15) is 9.59 Å². The van der Waals surface area contributed by atoms with Crippen LogP contribution in [0.25, 0.3) is 0 Å². The summed E-state index contributed by atoms with van der Waals surface area (Å²) < 4.78 is 11.4. The molecule has 3 aliphatic heterocycles. The smallest absolute Gasteiger partial charge is 0.317 e. The number of piperidine rings is 1. The maximum absolute atomic E-state index is 12.5. The van der Waals surface area contributed by atoms with Gasteiger partial charge < -0.3 is 24.6 Å². The Morgan fingerprint density at radius 2 is 1.80 bits per heavy atom. The van der Waals surface area contributed by atoms with E-state index in [2.05, 4.69) is 5.32 Å². The first kappa shape index (κ1) is 16.4. The molecule has 7 heteroatoms. The second kappa shape index (κ2) is 6.65. The molecule has 3 fully saturated rings. The van der Waals surface area contributed by atoms with Gasteiger partial charge in [-0.25, -0.2) is 4.79 Å². The third kappa shape index (κ3) is 3.34. The Kier molecular flexibility index (Phi) is 4.35. The van der Waals surface area contributed by atoms with Gasteiger partial charge in [0.1, 0.15) is 0 Å². The van der Waals surface area contributed by atoms with Crippen LogP contribution in [0.1, 0.15) is 19.3 Å². The quantitative estimate of drug-likeness (QED) is 0.878. The predicted molar refractivity (Wildman–Crippen MR) is 91.2 cm³/mol. The fourth-order valence-electron chi connectivity index (χ4n) is 3.76. The molecule has 3 saturated heterocycles. The Labute approximate surface area is 146 Å². The number of rotatable bonds is 2. The molecule has 4 rings (SSSR count). The molecule has 0 aliphatic carbocycles. The zero-order valence-corrected chi connectivity index (χ0v) is 14.1. The minimum Gasteiger partial charge on any atom is -0.347 e. The van der Waals surface area contributed by atoms with Crippen molar-refractivity contribution in [1.82, 2.24) is 10.2 Å². The number of carbonyl (C=O) groups is 2. The zero-order chi connectivity index (χ0) is 17.3. The minimum absolute atomic E-state index is 0.0434. The van der Waals surface area contributed by atoms with Gasteiger partial charge in [-0.2, -0.15) is 0 Å². The predicted octanol–water partition coefficient (Wildman–Crippen LogP) is 1.34. The van der Waals surface area contributed by atoms with Gasteiger partial charge >= 0.3 is 6.03 Å². The van der Waals surface area contributed by atoms with Crippen LogP contribution in [0.4, 0.5) is 10.5 Å². The van der Waals surface area contributed by atoms with Gasteiger partial charge in [-0.1, -0.05) is 18.2 Å². The summed E-state index contributed by atoms with van der Waals surface area (Å²) in [6, 6.07) is 9.29. The van der Waals surface area contributed by atoms with Gasteiger partial charge in [0.15, 0.2) is 5.79 Å². The van der Waals surface area contributed by atoms with Crippen molar-refractivity contribution in [3.05, 3.63) is 30.3 Å². The van der Waals surface area contributed by atoms with E-state index in [0.29, 0.717) is 52.1 Å². The maximum Gasteiger partial charge on any atom is 0.317 e. The molecule has 7 nitrogen and oxygen atoms in total. The number of urea groups is 1. The SMILES string of the molecule is O=C(N[C@H]1CC(=O)N(c2ccccc2)C1)N1CCC2(CC1)OCCO2. The molecule has 0 unspecified atom stereocenters. The second-order valence-electron chi connectivity index (χ2n) is 6.79. The molecule has 0 bridgehead atoms. The molecule has 3 heterocycles. The van der Waals surface area contributed by atoms with Crippen LogP contribution in [-0.4, -0.2) is 61.5 Å². The van der Waals surface area contributed by atoms with Crippen molar-refractivity contribution in [2.24, 2.45) is 0 Å². The van der Waals surface area contributed by atoms with E-state index < -0.39 is 5.79 Å². The Balaban J connectivity index is 1.31. The number of hydrogen-bond acceptors (Lipinski definition) is 4. The summed E-state index contributed by atoms with van der Waals surface area (Å²) in [5, 5.41) is 3.00. The van der Waals surface area contributed by atoms with Crippen molar-refractivity contribution in [2.75, 3.05) is 37.7 Å². The summed E-state index contributed by atoms with van der Waals surface area (Å²) in [5.74, 6) is -0.439. The highest BCUT2D eigenvalue weighted by Gasteiger charge is 2.41. The average Bonchev–Trinajstić information content (AvgIpc) is 3.23. The number of ether oxygens (including phenoxy) is 2. The van der Waals surface area contributed by atoms with Crippen molar-refractivity contribution in [2.45, 2.75) is 31.1 Å². The van der Waals surface area contributed by atoms with E-state index in [-0.39, 0.29) is 18.0 Å². The normalized spacial score (nSPS) is 25.6. The molecule has 1 aromatic carbocycles. The lowest BCUT2D eigenvalue weighted by atomic mass is 10.0. The van der Waals surface area contributed by atoms with Crippen LogP contribution in [0.15, 0.2) is 30.3 Å². The molecular formula is C18H23N3O4. The van der Waals surface area contributed by atoms with Gasteiger partial charge in [0.2, 0.25) is 5.91 Å². The Morgan fingerprint density at radius 1 is 1.12 bits per heavy atom. The first-order valence-electron chi connectivity index (χ1n) is 8.84. The number of benzene rings is 1. The van der Waals surface area contributed by atoms with Crippen molar-refractivity contribution in [3.8, 4) is 0 Å². The minimum atomic E-state index is -0.482. The molecular weight excluding hydrogens is 322 g/mol. The second-order valence-corrected chi connectivity index (χ2v) is 6.79. The van der Waals surface area contributed by atoms with Gasteiger partial charge in [-0.05, 0) is 12.1 Å². The average molecular weight is 345 g/mol. The largest absolute Gasteiger partial charge is 0.347 e. The fraction of sp³-hybridized carbons (Fsp3) is 0.556. The van der Waals surface area contributed by atoms with Crippen LogP contribution in [0.3, 0.4) is 0 Å². The first-order valence-corrected chi connectivity index (χ1v) is 8.84. The maximum atomic E-state index is 12.5. The van der Waals surface area contributed by atoms with Gasteiger partial charge in [0.25, 0.3) is 0 Å². The molecule has 0 radical (unpaired) electrons. The summed E-state index contributed by atoms with van der Waals surface area (Å²) in [4.78, 5) is 28.3. The van der Waals surface area contributed by atoms with E-state index in [4.69, 9.17) is 9.47 Å². The molecule has 0 aromatic heterocycles. The lowest BCUT2D eigenvalue weighted by Crippen LogP contribution is -2.52. The van der Waals surface area contributed by atoms with Crippen molar-refractivity contribution >= 4 is 17.6 Å². The number of carbonyl (C=O) groups excluding carboxylic acids is 2. The number of amides is 3. The highest BCUT2D eigenvalue weighted by Crippen LogP contribution is 2.31. The van der Waals surface area contributed by atoms with Gasteiger partial charge in [0.05, 0.1) is 19.3 Å². The number of nitrogens with zero attached hydrogens (tertiary/aromatic N) is 2. The van der Waals surface area contributed by atoms with Crippen LogP contribution in [-0.2, 0) is 14.3 Å². The molecule has 0 saturated carbocycles. The van der Waals surface area contributed by atoms with E-state index in [1.807, 2.05) is 30.3 Å². The van der Waals surface area contributed by atoms with Crippen LogP contribution in [0, 0.1) is 0 Å². The highest BCUT2D eigenvalue weighted by molar-refractivity contribution is 5.96. The standard InChI is InChI=1S/C18H23N3O4/c22-16-12-14(13-21(16)15-4-2-1-3-5-15)19-17(23)20-8-6-18(7-9-20)24-10-11-25-18/h1-5,14H,6-13H2,(H,19,23)/t14-/m0/s1. The zero-order valence-electron chi connectivity index (χ0n) is 14.1. The summed E-state index contributed by atoms with van der Waals surface area (Å²) >= 11 is 0. The van der Waals surface area contributed by atoms with Crippen molar-refractivity contribution < 1.29 is 19.1 Å².